The molecule has 1 aliphatic heterocycles. The van der Waals surface area contributed by atoms with Crippen molar-refractivity contribution >= 4 is 35.0 Å². The zero-order valence-electron chi connectivity index (χ0n) is 19.7. The lowest BCUT2D eigenvalue weighted by atomic mass is 10.1. The summed E-state index contributed by atoms with van der Waals surface area (Å²) in [4.78, 5) is 28.2. The molecule has 4 rings (SSSR count). The number of ether oxygens (including phenoxy) is 1. The summed E-state index contributed by atoms with van der Waals surface area (Å²) in [5.74, 6) is -0.0161. The van der Waals surface area contributed by atoms with Crippen molar-refractivity contribution in [3.8, 4) is 11.8 Å². The fourth-order valence-corrected chi connectivity index (χ4v) is 5.07. The largest absolute Gasteiger partial charge is 0.497 e. The van der Waals surface area contributed by atoms with E-state index in [1.54, 1.807) is 19.2 Å². The number of aryl methyl sites for hydroxylation is 2. The first-order valence-corrected chi connectivity index (χ1v) is 12.0. The van der Waals surface area contributed by atoms with Gasteiger partial charge in [0.25, 0.3) is 5.91 Å². The minimum atomic E-state index is -0.550. The maximum Gasteiger partial charge on any atom is 0.269 e. The number of nitrogens with one attached hydrogen (secondary N) is 1. The predicted octanol–water partition coefficient (Wildman–Crippen LogP) is 5.38. The second kappa shape index (κ2) is 10.5. The van der Waals surface area contributed by atoms with E-state index in [4.69, 9.17) is 4.74 Å². The third-order valence-corrected chi connectivity index (χ3v) is 6.93. The number of hydrogen-bond donors (Lipinski definition) is 1. The van der Waals surface area contributed by atoms with Crippen LogP contribution in [0.1, 0.15) is 16.7 Å². The van der Waals surface area contributed by atoms with Gasteiger partial charge in [0.1, 0.15) is 22.4 Å². The molecule has 1 aliphatic rings. The van der Waals surface area contributed by atoms with Crippen LogP contribution in [0.25, 0.3) is 0 Å². The Kier molecular flexibility index (Phi) is 7.23. The van der Waals surface area contributed by atoms with Gasteiger partial charge in [-0.25, -0.2) is 0 Å². The molecular formula is C28H25N3O3S. The SMILES string of the molecule is COc1cccc(C[C@@H]2S/C(=C(/C#N)C(=O)Nc3ccc(C)cc3)N(c3ccc(C)cc3)C2=O)c1. The average Bonchev–Trinajstić information content (AvgIpc) is 3.17. The van der Waals surface area contributed by atoms with Crippen molar-refractivity contribution < 1.29 is 14.3 Å². The minimum Gasteiger partial charge on any atom is -0.497 e. The van der Waals surface area contributed by atoms with Gasteiger partial charge in [0.15, 0.2) is 0 Å². The van der Waals surface area contributed by atoms with Crippen LogP contribution in [0.2, 0.25) is 0 Å². The molecule has 1 heterocycles. The molecular weight excluding hydrogens is 458 g/mol. The van der Waals surface area contributed by atoms with E-state index in [1.807, 2.05) is 80.6 Å². The molecule has 176 valence electrons. The van der Waals surface area contributed by atoms with Crippen molar-refractivity contribution in [3.05, 3.63) is 100 Å². The Morgan fingerprint density at radius 1 is 1.06 bits per heavy atom. The summed E-state index contributed by atoms with van der Waals surface area (Å²) in [5.41, 5.74) is 4.14. The van der Waals surface area contributed by atoms with Crippen molar-refractivity contribution in [2.75, 3.05) is 17.3 Å². The van der Waals surface area contributed by atoms with Crippen LogP contribution in [0, 0.1) is 25.2 Å². The number of nitriles is 1. The van der Waals surface area contributed by atoms with Crippen molar-refractivity contribution in [1.82, 2.24) is 0 Å². The number of amides is 2. The first-order valence-electron chi connectivity index (χ1n) is 11.1. The van der Waals surface area contributed by atoms with E-state index >= 15 is 0 Å². The van der Waals surface area contributed by atoms with Gasteiger partial charge in [-0.15, -0.1) is 0 Å². The van der Waals surface area contributed by atoms with Crippen molar-refractivity contribution in [1.29, 1.82) is 5.26 Å². The highest BCUT2D eigenvalue weighted by Crippen LogP contribution is 2.42. The van der Waals surface area contributed by atoms with Gasteiger partial charge in [0, 0.05) is 11.4 Å². The molecule has 0 aromatic heterocycles. The lowest BCUT2D eigenvalue weighted by Gasteiger charge is -2.19. The fourth-order valence-electron chi connectivity index (χ4n) is 3.76. The fraction of sp³-hybridized carbons (Fsp3) is 0.179. The molecule has 1 fully saturated rings. The molecule has 0 unspecified atom stereocenters. The molecule has 6 nitrogen and oxygen atoms in total. The van der Waals surface area contributed by atoms with E-state index in [1.165, 1.54) is 16.7 Å². The molecule has 7 heteroatoms. The summed E-state index contributed by atoms with van der Waals surface area (Å²) in [6.07, 6.45) is 0.435. The summed E-state index contributed by atoms with van der Waals surface area (Å²) in [5, 5.41) is 12.6. The molecule has 0 saturated carbocycles. The highest BCUT2D eigenvalue weighted by Gasteiger charge is 2.40. The van der Waals surface area contributed by atoms with Crippen LogP contribution in [0.4, 0.5) is 11.4 Å². The summed E-state index contributed by atoms with van der Waals surface area (Å²) >= 11 is 1.24. The maximum atomic E-state index is 13.6. The van der Waals surface area contributed by atoms with Crippen LogP contribution in [0.15, 0.2) is 83.4 Å². The highest BCUT2D eigenvalue weighted by molar-refractivity contribution is 8.05. The predicted molar refractivity (Wildman–Crippen MR) is 139 cm³/mol. The number of benzene rings is 3. The molecule has 0 radical (unpaired) electrons. The van der Waals surface area contributed by atoms with Crippen molar-refractivity contribution in [2.24, 2.45) is 0 Å². The highest BCUT2D eigenvalue weighted by atomic mass is 32.2. The first kappa shape index (κ1) is 24.1. The molecule has 3 aromatic carbocycles. The van der Waals surface area contributed by atoms with Gasteiger partial charge in [0.2, 0.25) is 5.91 Å². The van der Waals surface area contributed by atoms with Crippen molar-refractivity contribution in [2.45, 2.75) is 25.5 Å². The monoisotopic (exact) mass is 483 g/mol. The second-order valence-corrected chi connectivity index (χ2v) is 9.47. The Hall–Kier alpha value is -4.02. The number of hydrogen-bond acceptors (Lipinski definition) is 5. The van der Waals surface area contributed by atoms with Crippen LogP contribution in [0.5, 0.6) is 5.75 Å². The van der Waals surface area contributed by atoms with Crippen LogP contribution >= 0.6 is 11.8 Å². The Balaban J connectivity index is 1.71. The molecule has 3 aromatic rings. The van der Waals surface area contributed by atoms with E-state index in [0.29, 0.717) is 28.6 Å². The second-order valence-electron chi connectivity index (χ2n) is 8.28. The lowest BCUT2D eigenvalue weighted by Crippen LogP contribution is -2.30. The molecule has 0 spiro atoms. The quantitative estimate of drug-likeness (QED) is 0.376. The normalized spacial score (nSPS) is 16.6. The number of thioether (sulfide) groups is 1. The molecule has 0 bridgehead atoms. The first-order chi connectivity index (χ1) is 16.9. The van der Waals surface area contributed by atoms with E-state index in [9.17, 15) is 14.9 Å². The maximum absolute atomic E-state index is 13.6. The smallest absolute Gasteiger partial charge is 0.269 e. The van der Waals surface area contributed by atoms with Gasteiger partial charge in [-0.1, -0.05) is 59.3 Å². The van der Waals surface area contributed by atoms with Gasteiger partial charge in [-0.3, -0.25) is 14.5 Å². The Morgan fingerprint density at radius 2 is 1.71 bits per heavy atom. The summed E-state index contributed by atoms with van der Waals surface area (Å²) < 4.78 is 5.31. The summed E-state index contributed by atoms with van der Waals surface area (Å²) in [7, 11) is 1.60. The third kappa shape index (κ3) is 5.39. The number of anilines is 2. The van der Waals surface area contributed by atoms with Crippen molar-refractivity contribution in [3.63, 3.8) is 0 Å². The van der Waals surface area contributed by atoms with E-state index in [0.717, 1.165) is 16.7 Å². The third-order valence-electron chi connectivity index (χ3n) is 5.66. The van der Waals surface area contributed by atoms with Gasteiger partial charge < -0.3 is 10.1 Å². The number of carbonyl (C=O) groups excluding carboxylic acids is 2. The van der Waals surface area contributed by atoms with Gasteiger partial charge in [-0.05, 0) is 62.2 Å². The van der Waals surface area contributed by atoms with E-state index in [-0.39, 0.29) is 11.5 Å². The summed E-state index contributed by atoms with van der Waals surface area (Å²) in [6.45, 7) is 3.92. The Morgan fingerprint density at radius 3 is 2.34 bits per heavy atom. The molecule has 1 N–H and O–H groups in total. The Labute approximate surface area is 209 Å². The van der Waals surface area contributed by atoms with Crippen LogP contribution in [0.3, 0.4) is 0 Å². The standard InChI is InChI=1S/C28H25N3O3S/c1-18-7-11-21(12-8-18)30-26(32)24(17-29)28-31(22-13-9-19(2)10-14-22)27(33)25(35-28)16-20-5-4-6-23(15-20)34-3/h4-15,25H,16H2,1-3H3,(H,30,32)/b28-24-/t25-/m0/s1. The lowest BCUT2D eigenvalue weighted by molar-refractivity contribution is -0.117. The van der Waals surface area contributed by atoms with E-state index in [2.05, 4.69) is 5.32 Å². The molecule has 2 amide bonds. The topological polar surface area (TPSA) is 82.4 Å². The van der Waals surface area contributed by atoms with Gasteiger partial charge in [-0.2, -0.15) is 5.26 Å². The van der Waals surface area contributed by atoms with Gasteiger partial charge in [0.05, 0.1) is 12.4 Å². The number of methoxy groups -OCH3 is 1. The molecule has 35 heavy (non-hydrogen) atoms. The Bertz CT molecular complexity index is 1320. The van der Waals surface area contributed by atoms with Crippen LogP contribution in [-0.2, 0) is 16.0 Å². The molecule has 1 saturated heterocycles. The van der Waals surface area contributed by atoms with Gasteiger partial charge >= 0.3 is 0 Å². The zero-order chi connectivity index (χ0) is 24.9. The van der Waals surface area contributed by atoms with Crippen LogP contribution in [-0.4, -0.2) is 24.2 Å². The zero-order valence-corrected chi connectivity index (χ0v) is 20.6. The molecule has 1 atom stereocenters. The average molecular weight is 484 g/mol. The van der Waals surface area contributed by atoms with Crippen LogP contribution < -0.4 is 15.0 Å². The number of carbonyl (C=O) groups is 2. The number of rotatable bonds is 6. The number of nitrogens with zero attached hydrogens (tertiary/aromatic N) is 2. The minimum absolute atomic E-state index is 0.0994. The summed E-state index contributed by atoms with van der Waals surface area (Å²) in [6, 6.07) is 24.4. The molecule has 0 aliphatic carbocycles. The van der Waals surface area contributed by atoms with E-state index < -0.39 is 11.2 Å².